The average molecular weight is 570 g/mol. The monoisotopic (exact) mass is 569 g/mol. The van der Waals surface area contributed by atoms with E-state index in [0.717, 1.165) is 49.0 Å². The number of piperidine rings is 1. The molecule has 2 aromatic rings. The first-order valence-corrected chi connectivity index (χ1v) is 11.1. The highest BCUT2D eigenvalue weighted by Gasteiger charge is 2.23. The fourth-order valence-electron chi connectivity index (χ4n) is 3.95. The average Bonchev–Trinajstić information content (AvgIpc) is 2.77. The summed E-state index contributed by atoms with van der Waals surface area (Å²) in [6, 6.07) is 16.4. The molecular formula is C24H33ClIN5O. The Hall–Kier alpha value is -1.84. The Morgan fingerprint density at radius 3 is 2.66 bits per heavy atom. The highest BCUT2D eigenvalue weighted by Crippen LogP contribution is 2.19. The summed E-state index contributed by atoms with van der Waals surface area (Å²) in [7, 11) is 1.77. The van der Waals surface area contributed by atoms with E-state index in [0.29, 0.717) is 6.54 Å². The molecule has 3 rings (SSSR count). The Morgan fingerprint density at radius 2 is 1.97 bits per heavy atom. The fraction of sp³-hybridized carbons (Fsp3) is 0.417. The van der Waals surface area contributed by atoms with Crippen molar-refractivity contribution in [3.63, 3.8) is 0 Å². The van der Waals surface area contributed by atoms with Gasteiger partial charge in [0.05, 0.1) is 12.0 Å². The smallest absolute Gasteiger partial charge is 0.221 e. The van der Waals surface area contributed by atoms with Gasteiger partial charge in [-0.15, -0.1) is 24.0 Å². The van der Waals surface area contributed by atoms with E-state index in [1.807, 2.05) is 24.3 Å². The number of likely N-dealkylation sites (tertiary alicyclic amines) is 1. The number of rotatable bonds is 7. The molecule has 0 bridgehead atoms. The van der Waals surface area contributed by atoms with Gasteiger partial charge in [0.2, 0.25) is 5.91 Å². The second-order valence-electron chi connectivity index (χ2n) is 8.14. The highest BCUT2D eigenvalue weighted by molar-refractivity contribution is 14.0. The van der Waals surface area contributed by atoms with E-state index in [4.69, 9.17) is 17.3 Å². The van der Waals surface area contributed by atoms with Gasteiger partial charge in [-0.25, -0.2) is 0 Å². The van der Waals surface area contributed by atoms with Crippen LogP contribution in [0.2, 0.25) is 5.02 Å². The molecule has 4 N–H and O–H groups in total. The van der Waals surface area contributed by atoms with Crippen molar-refractivity contribution in [1.29, 1.82) is 0 Å². The number of nitrogens with one attached hydrogen (secondary N) is 2. The highest BCUT2D eigenvalue weighted by atomic mass is 127. The molecule has 0 radical (unpaired) electrons. The van der Waals surface area contributed by atoms with Crippen LogP contribution in [0.4, 0.5) is 0 Å². The summed E-state index contributed by atoms with van der Waals surface area (Å²) in [6.07, 6.45) is 1.92. The van der Waals surface area contributed by atoms with E-state index in [9.17, 15) is 4.79 Å². The maximum Gasteiger partial charge on any atom is 0.221 e. The maximum absolute atomic E-state index is 11.5. The Bertz CT molecular complexity index is 906. The summed E-state index contributed by atoms with van der Waals surface area (Å²) in [5, 5.41) is 7.53. The van der Waals surface area contributed by atoms with E-state index >= 15 is 0 Å². The summed E-state index contributed by atoms with van der Waals surface area (Å²) in [5.74, 6) is 0.526. The minimum Gasteiger partial charge on any atom is -0.369 e. The number of halogens is 2. The Balaban J connectivity index is 0.00000363. The summed E-state index contributed by atoms with van der Waals surface area (Å²) >= 11 is 5.98. The van der Waals surface area contributed by atoms with Gasteiger partial charge in [-0.3, -0.25) is 14.7 Å². The third kappa shape index (κ3) is 7.94. The van der Waals surface area contributed by atoms with Gasteiger partial charge in [0.1, 0.15) is 0 Å². The van der Waals surface area contributed by atoms with Crippen molar-refractivity contribution in [2.75, 3.05) is 20.1 Å². The van der Waals surface area contributed by atoms with Crippen LogP contribution in [0, 0.1) is 5.92 Å². The molecule has 1 aliphatic rings. The van der Waals surface area contributed by atoms with Crippen LogP contribution in [0.25, 0.3) is 0 Å². The lowest BCUT2D eigenvalue weighted by Gasteiger charge is -2.31. The van der Waals surface area contributed by atoms with E-state index in [1.54, 1.807) is 7.05 Å². The van der Waals surface area contributed by atoms with E-state index in [2.05, 4.69) is 51.7 Å². The number of amides is 1. The van der Waals surface area contributed by atoms with Gasteiger partial charge >= 0.3 is 0 Å². The molecule has 32 heavy (non-hydrogen) atoms. The molecule has 0 aliphatic carbocycles. The van der Waals surface area contributed by atoms with Gasteiger partial charge < -0.3 is 16.4 Å². The minimum absolute atomic E-state index is 0. The van der Waals surface area contributed by atoms with Gasteiger partial charge in [-0.05, 0) is 55.1 Å². The third-order valence-corrected chi connectivity index (χ3v) is 5.96. The Labute approximate surface area is 213 Å². The minimum atomic E-state index is -0.186. The van der Waals surface area contributed by atoms with Gasteiger partial charge in [0.25, 0.3) is 0 Å². The van der Waals surface area contributed by atoms with Crippen LogP contribution in [0.3, 0.4) is 0 Å². The first-order chi connectivity index (χ1) is 14.9. The zero-order valence-corrected chi connectivity index (χ0v) is 21.8. The molecule has 8 heteroatoms. The SMILES string of the molecule is CN=C(NCc1cccc(CN2CCCC(C(N)=O)C2)c1)NC(C)c1ccc(Cl)cc1.I. The molecule has 174 valence electrons. The van der Waals surface area contributed by atoms with Crippen LogP contribution in [0.5, 0.6) is 0 Å². The lowest BCUT2D eigenvalue weighted by Crippen LogP contribution is -2.40. The molecule has 0 aromatic heterocycles. The third-order valence-electron chi connectivity index (χ3n) is 5.71. The molecule has 1 fully saturated rings. The fourth-order valence-corrected chi connectivity index (χ4v) is 4.07. The zero-order chi connectivity index (χ0) is 22.2. The molecule has 0 saturated carbocycles. The van der Waals surface area contributed by atoms with Crippen LogP contribution in [0.1, 0.15) is 42.5 Å². The molecule has 2 atom stereocenters. The zero-order valence-electron chi connectivity index (χ0n) is 18.7. The van der Waals surface area contributed by atoms with Crippen molar-refractivity contribution in [2.24, 2.45) is 16.6 Å². The molecule has 1 aliphatic heterocycles. The van der Waals surface area contributed by atoms with E-state index in [-0.39, 0.29) is 41.8 Å². The van der Waals surface area contributed by atoms with E-state index in [1.165, 1.54) is 11.1 Å². The number of nitrogens with zero attached hydrogens (tertiary/aromatic N) is 2. The van der Waals surface area contributed by atoms with Gasteiger partial charge in [0.15, 0.2) is 5.96 Å². The normalized spacial score (nSPS) is 17.8. The predicted octanol–water partition coefficient (Wildman–Crippen LogP) is 4.08. The predicted molar refractivity (Wildman–Crippen MR) is 142 cm³/mol. The summed E-state index contributed by atoms with van der Waals surface area (Å²) in [6.45, 7) is 5.35. The van der Waals surface area contributed by atoms with Crippen molar-refractivity contribution in [3.8, 4) is 0 Å². The number of carbonyl (C=O) groups is 1. The van der Waals surface area contributed by atoms with Crippen molar-refractivity contribution in [2.45, 2.75) is 38.9 Å². The number of guanidine groups is 1. The first-order valence-electron chi connectivity index (χ1n) is 10.8. The topological polar surface area (TPSA) is 82.8 Å². The molecule has 1 amide bonds. The van der Waals surface area contributed by atoms with Crippen molar-refractivity contribution < 1.29 is 4.79 Å². The summed E-state index contributed by atoms with van der Waals surface area (Å²) in [5.41, 5.74) is 9.07. The first kappa shape index (κ1) is 26.4. The molecule has 1 heterocycles. The number of hydrogen-bond donors (Lipinski definition) is 3. The molecular weight excluding hydrogens is 537 g/mol. The van der Waals surface area contributed by atoms with Crippen LogP contribution < -0.4 is 16.4 Å². The van der Waals surface area contributed by atoms with Gasteiger partial charge in [-0.2, -0.15) is 0 Å². The number of primary amides is 1. The Morgan fingerprint density at radius 1 is 1.25 bits per heavy atom. The molecule has 6 nitrogen and oxygen atoms in total. The van der Waals surface area contributed by atoms with Crippen molar-refractivity contribution in [1.82, 2.24) is 15.5 Å². The number of benzene rings is 2. The Kier molecular flexibility index (Phi) is 10.7. The molecule has 2 unspecified atom stereocenters. The number of carbonyl (C=O) groups excluding carboxylic acids is 1. The summed E-state index contributed by atoms with van der Waals surface area (Å²) in [4.78, 5) is 18.2. The molecule has 1 saturated heterocycles. The quantitative estimate of drug-likeness (QED) is 0.267. The largest absolute Gasteiger partial charge is 0.369 e. The van der Waals surface area contributed by atoms with Gasteiger partial charge in [0, 0.05) is 31.7 Å². The number of aliphatic imine (C=N–C) groups is 1. The van der Waals surface area contributed by atoms with Crippen LogP contribution in [0.15, 0.2) is 53.5 Å². The second-order valence-corrected chi connectivity index (χ2v) is 8.58. The van der Waals surface area contributed by atoms with Gasteiger partial charge in [-0.1, -0.05) is 48.0 Å². The maximum atomic E-state index is 11.5. The lowest BCUT2D eigenvalue weighted by atomic mass is 9.97. The van der Waals surface area contributed by atoms with Crippen molar-refractivity contribution >= 4 is 47.4 Å². The second kappa shape index (κ2) is 13.0. The van der Waals surface area contributed by atoms with Crippen LogP contribution in [-0.2, 0) is 17.9 Å². The number of hydrogen-bond acceptors (Lipinski definition) is 3. The van der Waals surface area contributed by atoms with Crippen LogP contribution >= 0.6 is 35.6 Å². The van der Waals surface area contributed by atoms with Crippen LogP contribution in [-0.4, -0.2) is 36.9 Å². The van der Waals surface area contributed by atoms with Crippen molar-refractivity contribution in [3.05, 3.63) is 70.2 Å². The summed E-state index contributed by atoms with van der Waals surface area (Å²) < 4.78 is 0. The molecule has 2 aromatic carbocycles. The number of nitrogens with two attached hydrogens (primary N) is 1. The lowest BCUT2D eigenvalue weighted by molar-refractivity contribution is -0.123. The standard InChI is InChI=1S/C24H32ClN5O.HI/c1-17(20-8-10-22(25)11-9-20)29-24(27-2)28-14-18-5-3-6-19(13-18)15-30-12-4-7-21(16-30)23(26)31;/h3,5-6,8-11,13,17,21H,4,7,12,14-16H2,1-2H3,(H2,26,31)(H2,27,28,29);1H. The molecule has 0 spiro atoms. The van der Waals surface area contributed by atoms with E-state index < -0.39 is 0 Å².